The quantitative estimate of drug-likeness (QED) is 0.631. The molecule has 0 atom stereocenters. The van der Waals surface area contributed by atoms with Gasteiger partial charge < -0.3 is 11.1 Å². The summed E-state index contributed by atoms with van der Waals surface area (Å²) in [5, 5.41) is 11.6. The molecule has 0 amide bonds. The summed E-state index contributed by atoms with van der Waals surface area (Å²) in [6, 6.07) is 6.58. The number of nitrogens with zero attached hydrogens (tertiary/aromatic N) is 1. The number of rotatable bonds is 4. The number of hydrogen-bond acceptors (Lipinski definition) is 3. The van der Waals surface area contributed by atoms with Gasteiger partial charge in [0.15, 0.2) is 0 Å². The summed E-state index contributed by atoms with van der Waals surface area (Å²) in [6.07, 6.45) is -5.00. The Kier molecular flexibility index (Phi) is 4.21. The van der Waals surface area contributed by atoms with Gasteiger partial charge in [-0.2, -0.15) is 18.4 Å². The van der Waals surface area contributed by atoms with Crippen molar-refractivity contribution in [3.63, 3.8) is 0 Å². The number of benzene rings is 1. The molecule has 0 aliphatic heterocycles. The van der Waals surface area contributed by atoms with Gasteiger partial charge in [-0.05, 0) is 24.6 Å². The van der Waals surface area contributed by atoms with E-state index in [2.05, 4.69) is 5.32 Å². The van der Waals surface area contributed by atoms with Crippen LogP contribution < -0.4 is 11.1 Å². The van der Waals surface area contributed by atoms with E-state index in [1.807, 2.05) is 6.07 Å². The highest BCUT2D eigenvalue weighted by Crippen LogP contribution is 2.22. The van der Waals surface area contributed by atoms with Crippen molar-refractivity contribution in [1.82, 2.24) is 0 Å². The van der Waals surface area contributed by atoms with Crippen LogP contribution in [0.3, 0.4) is 0 Å². The van der Waals surface area contributed by atoms with Crippen molar-refractivity contribution in [3.05, 3.63) is 23.8 Å². The Bertz CT molecular complexity index is 421. The molecule has 0 saturated carbocycles. The van der Waals surface area contributed by atoms with Gasteiger partial charge >= 0.3 is 6.18 Å². The third-order valence-corrected chi connectivity index (χ3v) is 2.12. The smallest absolute Gasteiger partial charge is 0.389 e. The van der Waals surface area contributed by atoms with Crippen LogP contribution in [0, 0.1) is 11.3 Å². The molecule has 0 heterocycles. The Morgan fingerprint density at radius 3 is 2.65 bits per heavy atom. The van der Waals surface area contributed by atoms with Gasteiger partial charge in [0.05, 0.1) is 11.3 Å². The second kappa shape index (κ2) is 5.43. The first kappa shape index (κ1) is 13.2. The topological polar surface area (TPSA) is 61.8 Å². The van der Waals surface area contributed by atoms with Crippen LogP contribution in [0.15, 0.2) is 18.2 Å². The van der Waals surface area contributed by atoms with Crippen molar-refractivity contribution in [2.75, 3.05) is 17.6 Å². The number of halogens is 3. The SMILES string of the molecule is N#Cc1cc(N)ccc1NCCCC(F)(F)F. The lowest BCUT2D eigenvalue weighted by molar-refractivity contribution is -0.134. The lowest BCUT2D eigenvalue weighted by atomic mass is 10.1. The minimum atomic E-state index is -4.14. The molecule has 17 heavy (non-hydrogen) atoms. The van der Waals surface area contributed by atoms with Crippen molar-refractivity contribution >= 4 is 11.4 Å². The van der Waals surface area contributed by atoms with Gasteiger partial charge in [-0.3, -0.25) is 0 Å². The summed E-state index contributed by atoms with van der Waals surface area (Å²) in [5.74, 6) is 0. The maximum Gasteiger partial charge on any atom is 0.389 e. The summed E-state index contributed by atoms with van der Waals surface area (Å²) in [6.45, 7) is 0.165. The van der Waals surface area contributed by atoms with E-state index in [1.54, 1.807) is 12.1 Å². The molecule has 0 spiro atoms. The summed E-state index contributed by atoms with van der Waals surface area (Å²) in [7, 11) is 0. The number of nitrogens with one attached hydrogen (secondary N) is 1. The third-order valence-electron chi connectivity index (χ3n) is 2.12. The Labute approximate surface area is 97.0 Å². The van der Waals surface area contributed by atoms with Crippen LogP contribution in [-0.2, 0) is 0 Å². The fourth-order valence-corrected chi connectivity index (χ4v) is 1.32. The molecule has 0 aromatic heterocycles. The zero-order chi connectivity index (χ0) is 12.9. The summed E-state index contributed by atoms with van der Waals surface area (Å²) in [4.78, 5) is 0. The molecule has 0 bridgehead atoms. The van der Waals surface area contributed by atoms with Gasteiger partial charge in [0.1, 0.15) is 6.07 Å². The Morgan fingerprint density at radius 2 is 2.06 bits per heavy atom. The summed E-state index contributed by atoms with van der Waals surface area (Å²) >= 11 is 0. The van der Waals surface area contributed by atoms with Crippen LogP contribution in [-0.4, -0.2) is 12.7 Å². The minimum absolute atomic E-state index is 0.0290. The molecule has 1 aromatic carbocycles. The van der Waals surface area contributed by atoms with Crippen molar-refractivity contribution < 1.29 is 13.2 Å². The molecule has 6 heteroatoms. The van der Waals surface area contributed by atoms with E-state index < -0.39 is 12.6 Å². The van der Waals surface area contributed by atoms with Gasteiger partial charge in [0.2, 0.25) is 0 Å². The third kappa shape index (κ3) is 4.64. The molecule has 0 saturated heterocycles. The van der Waals surface area contributed by atoms with Gasteiger partial charge in [-0.1, -0.05) is 0 Å². The van der Waals surface area contributed by atoms with Crippen LogP contribution in [0.25, 0.3) is 0 Å². The van der Waals surface area contributed by atoms with Crippen molar-refractivity contribution in [2.24, 2.45) is 0 Å². The second-order valence-electron chi connectivity index (χ2n) is 3.56. The van der Waals surface area contributed by atoms with Gasteiger partial charge in [0, 0.05) is 18.7 Å². The van der Waals surface area contributed by atoms with E-state index in [1.165, 1.54) is 6.07 Å². The highest BCUT2D eigenvalue weighted by atomic mass is 19.4. The van der Waals surface area contributed by atoms with E-state index in [-0.39, 0.29) is 13.0 Å². The first-order valence-electron chi connectivity index (χ1n) is 5.02. The zero-order valence-corrected chi connectivity index (χ0v) is 9.01. The number of nitrogen functional groups attached to an aromatic ring is 1. The van der Waals surface area contributed by atoms with E-state index in [0.29, 0.717) is 16.9 Å². The van der Waals surface area contributed by atoms with Gasteiger partial charge in [0.25, 0.3) is 0 Å². The largest absolute Gasteiger partial charge is 0.399 e. The predicted molar refractivity (Wildman–Crippen MR) is 59.3 cm³/mol. The predicted octanol–water partition coefficient (Wildman–Crippen LogP) is 2.89. The lowest BCUT2D eigenvalue weighted by Gasteiger charge is -2.09. The van der Waals surface area contributed by atoms with Crippen molar-refractivity contribution in [2.45, 2.75) is 19.0 Å². The molecule has 0 aliphatic rings. The maximum atomic E-state index is 11.9. The Hall–Kier alpha value is -1.90. The van der Waals surface area contributed by atoms with E-state index in [4.69, 9.17) is 11.0 Å². The molecule has 3 N–H and O–H groups in total. The standard InChI is InChI=1S/C11H12F3N3/c12-11(13,14)4-1-5-17-10-3-2-9(16)6-8(10)7-15/h2-3,6,17H,1,4-5,16H2. The van der Waals surface area contributed by atoms with Gasteiger partial charge in [-0.25, -0.2) is 0 Å². The molecular weight excluding hydrogens is 231 g/mol. The van der Waals surface area contributed by atoms with Crippen LogP contribution in [0.4, 0.5) is 24.5 Å². The summed E-state index contributed by atoms with van der Waals surface area (Å²) in [5.41, 5.74) is 6.77. The highest BCUT2D eigenvalue weighted by Gasteiger charge is 2.25. The zero-order valence-electron chi connectivity index (χ0n) is 9.01. The fourth-order valence-electron chi connectivity index (χ4n) is 1.32. The molecular formula is C11H12F3N3. The molecule has 3 nitrogen and oxygen atoms in total. The number of hydrogen-bond donors (Lipinski definition) is 2. The normalized spacial score (nSPS) is 10.9. The number of nitriles is 1. The van der Waals surface area contributed by atoms with E-state index in [0.717, 1.165) is 0 Å². The Morgan fingerprint density at radius 1 is 1.35 bits per heavy atom. The van der Waals surface area contributed by atoms with E-state index in [9.17, 15) is 13.2 Å². The van der Waals surface area contributed by atoms with E-state index >= 15 is 0 Å². The first-order valence-corrected chi connectivity index (χ1v) is 5.02. The average molecular weight is 243 g/mol. The molecule has 0 fully saturated rings. The number of nitrogens with two attached hydrogens (primary N) is 1. The van der Waals surface area contributed by atoms with Crippen LogP contribution in [0.2, 0.25) is 0 Å². The fraction of sp³-hybridized carbons (Fsp3) is 0.364. The molecule has 0 aliphatic carbocycles. The highest BCUT2D eigenvalue weighted by molar-refractivity contribution is 5.62. The molecule has 1 aromatic rings. The van der Waals surface area contributed by atoms with Crippen LogP contribution >= 0.6 is 0 Å². The van der Waals surface area contributed by atoms with Crippen LogP contribution in [0.1, 0.15) is 18.4 Å². The maximum absolute atomic E-state index is 11.9. The molecule has 1 rings (SSSR count). The minimum Gasteiger partial charge on any atom is -0.399 e. The molecule has 0 unspecified atom stereocenters. The number of anilines is 2. The first-order chi connectivity index (χ1) is 7.92. The molecule has 92 valence electrons. The number of alkyl halides is 3. The average Bonchev–Trinajstić information content (AvgIpc) is 2.24. The van der Waals surface area contributed by atoms with Gasteiger partial charge in [-0.15, -0.1) is 0 Å². The molecule has 0 radical (unpaired) electrons. The summed E-state index contributed by atoms with van der Waals surface area (Å²) < 4.78 is 35.6. The van der Waals surface area contributed by atoms with Crippen LogP contribution in [0.5, 0.6) is 0 Å². The Balaban J connectivity index is 2.50. The monoisotopic (exact) mass is 243 g/mol. The second-order valence-corrected chi connectivity index (χ2v) is 3.56. The van der Waals surface area contributed by atoms with Crippen molar-refractivity contribution in [1.29, 1.82) is 5.26 Å². The lowest BCUT2D eigenvalue weighted by Crippen LogP contribution is -2.11. The van der Waals surface area contributed by atoms with Crippen molar-refractivity contribution in [3.8, 4) is 6.07 Å².